The van der Waals surface area contributed by atoms with Gasteiger partial charge in [-0.2, -0.15) is 0 Å². The number of rotatable bonds is 8. The number of para-hydroxylation sites is 2. The number of carbonyl (C=O) groups excluding carboxylic acids is 2. The van der Waals surface area contributed by atoms with Crippen LogP contribution in [0.1, 0.15) is 49.8 Å². The van der Waals surface area contributed by atoms with Gasteiger partial charge in [0.25, 0.3) is 0 Å². The first kappa shape index (κ1) is 24.6. The molecule has 1 unspecified atom stereocenters. The second-order valence-electron chi connectivity index (χ2n) is 9.40. The number of hydrogen-bond donors (Lipinski definition) is 1. The van der Waals surface area contributed by atoms with E-state index < -0.39 is 11.9 Å². The minimum atomic E-state index is -1.18. The summed E-state index contributed by atoms with van der Waals surface area (Å²) in [6.45, 7) is 1.84. The molecule has 8 heteroatoms. The summed E-state index contributed by atoms with van der Waals surface area (Å²) in [6, 6.07) is 19.8. The Morgan fingerprint density at radius 1 is 1.03 bits per heavy atom. The molecule has 1 atom stereocenters. The van der Waals surface area contributed by atoms with Gasteiger partial charge in [0.15, 0.2) is 0 Å². The summed E-state index contributed by atoms with van der Waals surface area (Å²) in [5.41, 5.74) is 2.99. The first-order valence-corrected chi connectivity index (χ1v) is 12.8. The first-order valence-electron chi connectivity index (χ1n) is 12.8. The molecule has 1 fully saturated rings. The van der Waals surface area contributed by atoms with Crippen molar-refractivity contribution >= 4 is 28.5 Å². The van der Waals surface area contributed by atoms with Gasteiger partial charge in [0.2, 0.25) is 11.8 Å². The maximum absolute atomic E-state index is 15.3. The van der Waals surface area contributed by atoms with Crippen LogP contribution in [0.4, 0.5) is 10.1 Å². The fraction of sp³-hybridized carbons (Fsp3) is 0.310. The number of aromatic nitrogens is 3. The molecule has 0 bridgehead atoms. The van der Waals surface area contributed by atoms with Gasteiger partial charge in [-0.1, -0.05) is 73.5 Å². The lowest BCUT2D eigenvalue weighted by Gasteiger charge is -2.33. The zero-order valence-corrected chi connectivity index (χ0v) is 20.8. The van der Waals surface area contributed by atoms with Crippen molar-refractivity contribution < 1.29 is 14.0 Å². The molecule has 5 rings (SSSR count). The normalized spacial score (nSPS) is 14.5. The molecule has 0 saturated heterocycles. The summed E-state index contributed by atoms with van der Waals surface area (Å²) in [4.78, 5) is 29.4. The Kier molecular flexibility index (Phi) is 7.25. The van der Waals surface area contributed by atoms with E-state index in [0.717, 1.165) is 31.2 Å². The van der Waals surface area contributed by atoms with Gasteiger partial charge in [-0.3, -0.25) is 14.5 Å². The quantitative estimate of drug-likeness (QED) is 0.371. The van der Waals surface area contributed by atoms with Crippen molar-refractivity contribution in [3.8, 4) is 0 Å². The molecule has 37 heavy (non-hydrogen) atoms. The number of fused-ring (bicyclic) bond motifs is 1. The number of benzene rings is 3. The average Bonchev–Trinajstić information content (AvgIpc) is 3.58. The van der Waals surface area contributed by atoms with E-state index in [1.807, 2.05) is 55.5 Å². The number of carbonyl (C=O) groups is 2. The highest BCUT2D eigenvalue weighted by molar-refractivity contribution is 6.02. The molecule has 0 radical (unpaired) electrons. The van der Waals surface area contributed by atoms with E-state index in [2.05, 4.69) is 15.6 Å². The van der Waals surface area contributed by atoms with Crippen LogP contribution in [-0.2, 0) is 22.6 Å². The Bertz CT molecular complexity index is 1410. The lowest BCUT2D eigenvalue weighted by molar-refractivity contribution is -0.127. The zero-order chi connectivity index (χ0) is 25.8. The molecule has 4 aromatic rings. The molecule has 190 valence electrons. The van der Waals surface area contributed by atoms with Gasteiger partial charge in [-0.25, -0.2) is 9.07 Å². The molecule has 3 aromatic carbocycles. The van der Waals surface area contributed by atoms with Crippen LogP contribution in [0.2, 0.25) is 0 Å². The molecule has 1 aromatic heterocycles. The molecule has 2 amide bonds. The molecule has 1 aliphatic carbocycles. The lowest BCUT2D eigenvalue weighted by Crippen LogP contribution is -2.48. The fourth-order valence-electron chi connectivity index (χ4n) is 5.15. The highest BCUT2D eigenvalue weighted by Gasteiger charge is 2.36. The summed E-state index contributed by atoms with van der Waals surface area (Å²) in [7, 11) is 0. The Morgan fingerprint density at radius 3 is 2.51 bits per heavy atom. The van der Waals surface area contributed by atoms with E-state index in [1.54, 1.807) is 18.2 Å². The van der Waals surface area contributed by atoms with Crippen molar-refractivity contribution in [2.75, 3.05) is 4.90 Å². The Morgan fingerprint density at radius 2 is 1.73 bits per heavy atom. The van der Waals surface area contributed by atoms with Crippen LogP contribution in [0.15, 0.2) is 72.8 Å². The standard InChI is InChI=1S/C29H30FN5O2/c1-2-20-11-3-9-17-25(20)35(27(36)19-34-26-18-10-8-16-24(26)32-33-34)28(22-14-6-7-15-23(22)30)29(37)31-21-12-4-5-13-21/h3,6-11,14-18,21,28H,2,4-5,12-13,19H2,1H3,(H,31,37). The predicted molar refractivity (Wildman–Crippen MR) is 140 cm³/mol. The van der Waals surface area contributed by atoms with E-state index >= 15 is 4.39 Å². The minimum absolute atomic E-state index is 0.0133. The second kappa shape index (κ2) is 10.9. The Balaban J connectivity index is 1.61. The molecule has 1 heterocycles. The number of halogens is 1. The number of hydrogen-bond acceptors (Lipinski definition) is 4. The molecule has 1 N–H and O–H groups in total. The van der Waals surface area contributed by atoms with Crippen molar-refractivity contribution in [2.45, 2.75) is 57.7 Å². The number of anilines is 1. The van der Waals surface area contributed by atoms with Gasteiger partial charge in [0, 0.05) is 17.3 Å². The van der Waals surface area contributed by atoms with E-state index in [4.69, 9.17) is 0 Å². The van der Waals surface area contributed by atoms with Crippen molar-refractivity contribution in [2.24, 2.45) is 0 Å². The molecule has 0 spiro atoms. The molecular weight excluding hydrogens is 469 g/mol. The molecule has 7 nitrogen and oxygen atoms in total. The largest absolute Gasteiger partial charge is 0.351 e. The van der Waals surface area contributed by atoms with Crippen LogP contribution in [-0.4, -0.2) is 32.9 Å². The third-order valence-corrected chi connectivity index (χ3v) is 7.01. The summed E-state index contributed by atoms with van der Waals surface area (Å²) in [5, 5.41) is 11.4. The predicted octanol–water partition coefficient (Wildman–Crippen LogP) is 4.97. The monoisotopic (exact) mass is 499 g/mol. The molecular formula is C29H30FN5O2. The third-order valence-electron chi connectivity index (χ3n) is 7.01. The van der Waals surface area contributed by atoms with E-state index in [-0.39, 0.29) is 30.0 Å². The van der Waals surface area contributed by atoms with Crippen molar-refractivity contribution in [3.63, 3.8) is 0 Å². The Hall–Kier alpha value is -4.07. The van der Waals surface area contributed by atoms with Gasteiger partial charge >= 0.3 is 0 Å². The van der Waals surface area contributed by atoms with E-state index in [9.17, 15) is 9.59 Å². The maximum Gasteiger partial charge on any atom is 0.249 e. The van der Waals surface area contributed by atoms with Crippen LogP contribution in [0.25, 0.3) is 11.0 Å². The topological polar surface area (TPSA) is 80.1 Å². The van der Waals surface area contributed by atoms with Crippen molar-refractivity contribution in [1.82, 2.24) is 20.3 Å². The Labute approximate surface area is 215 Å². The van der Waals surface area contributed by atoms with Gasteiger partial charge in [0.1, 0.15) is 23.9 Å². The van der Waals surface area contributed by atoms with Crippen LogP contribution in [0, 0.1) is 5.82 Å². The van der Waals surface area contributed by atoms with Crippen LogP contribution < -0.4 is 10.2 Å². The zero-order valence-electron chi connectivity index (χ0n) is 20.8. The van der Waals surface area contributed by atoms with Crippen LogP contribution in [0.3, 0.4) is 0 Å². The molecule has 1 saturated carbocycles. The highest BCUT2D eigenvalue weighted by Crippen LogP contribution is 2.33. The first-order chi connectivity index (χ1) is 18.1. The maximum atomic E-state index is 15.3. The smallest absolute Gasteiger partial charge is 0.249 e. The average molecular weight is 500 g/mol. The van der Waals surface area contributed by atoms with E-state index in [0.29, 0.717) is 23.1 Å². The number of amides is 2. The summed E-state index contributed by atoms with van der Waals surface area (Å²) in [5.74, 6) is -1.31. The van der Waals surface area contributed by atoms with Crippen LogP contribution in [0.5, 0.6) is 0 Å². The van der Waals surface area contributed by atoms with Gasteiger partial charge in [0.05, 0.1) is 5.52 Å². The summed E-state index contributed by atoms with van der Waals surface area (Å²) < 4.78 is 16.8. The summed E-state index contributed by atoms with van der Waals surface area (Å²) >= 11 is 0. The lowest BCUT2D eigenvalue weighted by atomic mass is 9.99. The number of aryl methyl sites for hydroxylation is 1. The second-order valence-corrected chi connectivity index (χ2v) is 9.40. The van der Waals surface area contributed by atoms with Gasteiger partial charge in [-0.15, -0.1) is 5.10 Å². The van der Waals surface area contributed by atoms with Crippen LogP contribution >= 0.6 is 0 Å². The number of nitrogens with one attached hydrogen (secondary N) is 1. The third kappa shape index (κ3) is 5.09. The fourth-order valence-corrected chi connectivity index (χ4v) is 5.15. The minimum Gasteiger partial charge on any atom is -0.351 e. The summed E-state index contributed by atoms with van der Waals surface area (Å²) in [6.07, 6.45) is 4.47. The van der Waals surface area contributed by atoms with Crippen molar-refractivity contribution in [1.29, 1.82) is 0 Å². The van der Waals surface area contributed by atoms with Crippen molar-refractivity contribution in [3.05, 3.63) is 89.7 Å². The molecule has 1 aliphatic rings. The highest BCUT2D eigenvalue weighted by atomic mass is 19.1. The number of nitrogens with zero attached hydrogens (tertiary/aromatic N) is 4. The van der Waals surface area contributed by atoms with E-state index in [1.165, 1.54) is 15.6 Å². The molecule has 0 aliphatic heterocycles. The van der Waals surface area contributed by atoms with Gasteiger partial charge < -0.3 is 5.32 Å². The SMILES string of the molecule is CCc1ccccc1N(C(=O)Cn1nnc2ccccc21)C(C(=O)NC1CCCC1)c1ccccc1F. The van der Waals surface area contributed by atoms with Gasteiger partial charge in [-0.05, 0) is 49.1 Å².